The molecule has 7 nitrogen and oxygen atoms in total. The molecule has 0 saturated carbocycles. The van der Waals surface area contributed by atoms with E-state index in [1.165, 1.54) is 11.8 Å². The van der Waals surface area contributed by atoms with Crippen LogP contribution in [0.2, 0.25) is 5.02 Å². The number of thioether (sulfide) groups is 1. The highest BCUT2D eigenvalue weighted by atomic mass is 35.5. The molecule has 1 heterocycles. The second-order valence-electron chi connectivity index (χ2n) is 6.50. The Balaban J connectivity index is 1.94. The third-order valence-corrected chi connectivity index (χ3v) is 5.82. The van der Waals surface area contributed by atoms with Gasteiger partial charge < -0.3 is 9.64 Å². The highest BCUT2D eigenvalue weighted by molar-refractivity contribution is 7.99. The van der Waals surface area contributed by atoms with Crippen LogP contribution in [-0.4, -0.2) is 51.5 Å². The van der Waals surface area contributed by atoms with Crippen molar-refractivity contribution in [1.82, 2.24) is 19.7 Å². The van der Waals surface area contributed by atoms with Gasteiger partial charge in [-0.15, -0.1) is 10.2 Å². The Morgan fingerprint density at radius 1 is 1.26 bits per heavy atom. The van der Waals surface area contributed by atoms with Crippen LogP contribution >= 0.6 is 23.4 Å². The van der Waals surface area contributed by atoms with Gasteiger partial charge in [0, 0.05) is 18.7 Å². The highest BCUT2D eigenvalue weighted by Gasteiger charge is 2.19. The number of nitriles is 1. The van der Waals surface area contributed by atoms with Crippen LogP contribution in [0.3, 0.4) is 0 Å². The number of hydrogen-bond acceptors (Lipinski definition) is 6. The Morgan fingerprint density at radius 3 is 2.68 bits per heavy atom. The van der Waals surface area contributed by atoms with Gasteiger partial charge in [0.25, 0.3) is 0 Å². The molecule has 0 atom stereocenters. The van der Waals surface area contributed by atoms with Crippen molar-refractivity contribution in [1.29, 1.82) is 5.26 Å². The molecule has 0 radical (unpaired) electrons. The van der Waals surface area contributed by atoms with Crippen molar-refractivity contribution in [2.24, 2.45) is 0 Å². The third kappa shape index (κ3) is 5.37. The minimum atomic E-state index is -0.0497. The number of methoxy groups -OCH3 is 1. The quantitative estimate of drug-likeness (QED) is 0.443. The lowest BCUT2D eigenvalue weighted by Gasteiger charge is -2.19. The summed E-state index contributed by atoms with van der Waals surface area (Å²) in [5.41, 5.74) is 1.66. The molecular weight excluding hydrogens is 434 g/mol. The number of benzene rings is 2. The number of ether oxygens (including phenoxy) is 1. The smallest absolute Gasteiger partial charge is 0.233 e. The third-order valence-electron chi connectivity index (χ3n) is 4.61. The fourth-order valence-corrected chi connectivity index (χ4v) is 4.13. The van der Waals surface area contributed by atoms with Crippen molar-refractivity contribution in [2.45, 2.75) is 18.5 Å². The lowest BCUT2D eigenvalue weighted by molar-refractivity contribution is -0.128. The predicted octanol–water partition coefficient (Wildman–Crippen LogP) is 4.45. The molecular formula is C22H22ClN5O2S. The van der Waals surface area contributed by atoms with Crippen LogP contribution in [0.4, 0.5) is 0 Å². The number of carbonyl (C=O) groups is 1. The lowest BCUT2D eigenvalue weighted by Crippen LogP contribution is -2.33. The van der Waals surface area contributed by atoms with Crippen LogP contribution in [0.1, 0.15) is 13.3 Å². The van der Waals surface area contributed by atoms with Crippen molar-refractivity contribution < 1.29 is 9.53 Å². The van der Waals surface area contributed by atoms with Crippen molar-refractivity contribution in [3.05, 3.63) is 53.6 Å². The fourth-order valence-electron chi connectivity index (χ4n) is 3.03. The van der Waals surface area contributed by atoms with Gasteiger partial charge in [-0.2, -0.15) is 5.26 Å². The van der Waals surface area contributed by atoms with E-state index in [1.54, 1.807) is 24.1 Å². The van der Waals surface area contributed by atoms with E-state index in [9.17, 15) is 4.79 Å². The van der Waals surface area contributed by atoms with Crippen molar-refractivity contribution in [3.8, 4) is 28.9 Å². The Hall–Kier alpha value is -3.02. The van der Waals surface area contributed by atoms with Crippen LogP contribution in [0.15, 0.2) is 53.7 Å². The molecule has 3 aromatic rings. The van der Waals surface area contributed by atoms with Gasteiger partial charge in [-0.05, 0) is 25.1 Å². The number of rotatable bonds is 9. The largest absolute Gasteiger partial charge is 0.495 e. The Labute approximate surface area is 190 Å². The molecule has 0 spiro atoms. The summed E-state index contributed by atoms with van der Waals surface area (Å²) < 4.78 is 7.14. The highest BCUT2D eigenvalue weighted by Crippen LogP contribution is 2.32. The average Bonchev–Trinajstić information content (AvgIpc) is 3.22. The van der Waals surface area contributed by atoms with Crippen LogP contribution in [0.25, 0.3) is 17.1 Å². The molecule has 1 amide bonds. The van der Waals surface area contributed by atoms with Crippen LogP contribution in [-0.2, 0) is 4.79 Å². The SMILES string of the molecule is CCN(CCC#N)C(=O)CSc1nnc(-c2ccccc2)n1-c1ccc(OC)c(Cl)c1. The maximum Gasteiger partial charge on any atom is 0.233 e. The molecule has 0 unspecified atom stereocenters. The average molecular weight is 456 g/mol. The van der Waals surface area contributed by atoms with Crippen molar-refractivity contribution in [3.63, 3.8) is 0 Å². The van der Waals surface area contributed by atoms with E-state index in [0.717, 1.165) is 11.3 Å². The number of hydrogen-bond donors (Lipinski definition) is 0. The molecule has 0 aliphatic carbocycles. The summed E-state index contributed by atoms with van der Waals surface area (Å²) >= 11 is 7.66. The first kappa shape index (κ1) is 22.7. The molecule has 0 aliphatic heterocycles. The summed E-state index contributed by atoms with van der Waals surface area (Å²) in [5, 5.41) is 18.6. The van der Waals surface area contributed by atoms with Gasteiger partial charge in [0.1, 0.15) is 5.75 Å². The maximum atomic E-state index is 12.6. The Kier molecular flexibility index (Phi) is 7.93. The first-order valence-electron chi connectivity index (χ1n) is 9.71. The fraction of sp³-hybridized carbons (Fsp3) is 0.273. The summed E-state index contributed by atoms with van der Waals surface area (Å²) in [6, 6.07) is 17.2. The number of carbonyl (C=O) groups excluding carboxylic acids is 1. The molecule has 3 rings (SSSR count). The summed E-state index contributed by atoms with van der Waals surface area (Å²) in [5.74, 6) is 1.36. The zero-order chi connectivity index (χ0) is 22.2. The molecule has 1 aromatic heterocycles. The Morgan fingerprint density at radius 2 is 2.03 bits per heavy atom. The van der Waals surface area contributed by atoms with Crippen molar-refractivity contribution >= 4 is 29.3 Å². The lowest BCUT2D eigenvalue weighted by atomic mass is 10.2. The monoisotopic (exact) mass is 455 g/mol. The standard InChI is InChI=1S/C22H22ClN5O2S/c1-3-27(13-7-12-24)20(29)15-31-22-26-25-21(16-8-5-4-6-9-16)28(22)17-10-11-19(30-2)18(23)14-17/h4-6,8-11,14H,3,7,13,15H2,1-2H3. The van der Waals surface area contributed by atoms with Crippen LogP contribution in [0, 0.1) is 11.3 Å². The number of nitrogens with zero attached hydrogens (tertiary/aromatic N) is 5. The van der Waals surface area contributed by atoms with Gasteiger partial charge in [-0.25, -0.2) is 0 Å². The Bertz CT molecular complexity index is 1080. The predicted molar refractivity (Wildman–Crippen MR) is 122 cm³/mol. The topological polar surface area (TPSA) is 84.0 Å². The first-order chi connectivity index (χ1) is 15.1. The zero-order valence-corrected chi connectivity index (χ0v) is 18.9. The van der Waals surface area contributed by atoms with E-state index in [0.29, 0.717) is 41.3 Å². The van der Waals surface area contributed by atoms with Gasteiger partial charge in [0.15, 0.2) is 11.0 Å². The van der Waals surface area contributed by atoms with E-state index in [4.69, 9.17) is 21.6 Å². The summed E-state index contributed by atoms with van der Waals surface area (Å²) in [4.78, 5) is 14.3. The minimum absolute atomic E-state index is 0.0497. The molecule has 0 saturated heterocycles. The summed E-state index contributed by atoms with van der Waals surface area (Å²) in [6.45, 7) is 2.87. The maximum absolute atomic E-state index is 12.6. The molecule has 0 aliphatic rings. The van der Waals surface area contributed by atoms with E-state index in [2.05, 4.69) is 16.3 Å². The minimum Gasteiger partial charge on any atom is -0.495 e. The second kappa shape index (κ2) is 10.8. The number of halogens is 1. The number of amides is 1. The van der Waals surface area contributed by atoms with Gasteiger partial charge in [0.05, 0.1) is 36.1 Å². The molecule has 31 heavy (non-hydrogen) atoms. The van der Waals surface area contributed by atoms with Gasteiger partial charge >= 0.3 is 0 Å². The van der Waals surface area contributed by atoms with E-state index in [-0.39, 0.29) is 11.7 Å². The van der Waals surface area contributed by atoms with Crippen molar-refractivity contribution in [2.75, 3.05) is 26.0 Å². The zero-order valence-electron chi connectivity index (χ0n) is 17.3. The summed E-state index contributed by atoms with van der Waals surface area (Å²) in [6.07, 6.45) is 0.308. The molecule has 160 valence electrons. The summed E-state index contributed by atoms with van der Waals surface area (Å²) in [7, 11) is 1.56. The molecule has 0 bridgehead atoms. The number of aromatic nitrogens is 3. The van der Waals surface area contributed by atoms with Crippen LogP contribution < -0.4 is 4.74 Å². The van der Waals surface area contributed by atoms with Gasteiger partial charge in [-0.1, -0.05) is 53.7 Å². The van der Waals surface area contributed by atoms with E-state index >= 15 is 0 Å². The molecule has 0 fully saturated rings. The van der Waals surface area contributed by atoms with Gasteiger partial charge in [0.2, 0.25) is 5.91 Å². The normalized spacial score (nSPS) is 10.5. The molecule has 9 heteroatoms. The van der Waals surface area contributed by atoms with E-state index in [1.807, 2.05) is 47.9 Å². The first-order valence-corrected chi connectivity index (χ1v) is 11.1. The second-order valence-corrected chi connectivity index (χ2v) is 7.85. The van der Waals surface area contributed by atoms with Gasteiger partial charge in [-0.3, -0.25) is 9.36 Å². The van der Waals surface area contributed by atoms with Crippen LogP contribution in [0.5, 0.6) is 5.75 Å². The molecule has 2 aromatic carbocycles. The molecule has 0 N–H and O–H groups in total. The van der Waals surface area contributed by atoms with E-state index < -0.39 is 0 Å².